The molecule has 3 heterocycles. The molecule has 1 saturated heterocycles. The monoisotopic (exact) mass is 501 g/mol. The Hall–Kier alpha value is -3.33. The minimum atomic E-state index is -0.0662. The summed E-state index contributed by atoms with van der Waals surface area (Å²) in [6.45, 7) is 4.16. The molecule has 7 nitrogen and oxygen atoms in total. The number of tetrazole rings is 1. The number of aromatic nitrogens is 5. The first-order chi connectivity index (χ1) is 17.2. The third-order valence-electron chi connectivity index (χ3n) is 6.40. The van der Waals surface area contributed by atoms with Crippen LogP contribution in [0.25, 0.3) is 10.2 Å². The van der Waals surface area contributed by atoms with E-state index in [1.54, 1.807) is 11.3 Å². The van der Waals surface area contributed by atoms with E-state index in [2.05, 4.69) is 67.8 Å². The number of anilines is 1. The van der Waals surface area contributed by atoms with Crippen molar-refractivity contribution in [3.05, 3.63) is 101 Å². The van der Waals surface area contributed by atoms with Gasteiger partial charge < -0.3 is 4.90 Å². The van der Waals surface area contributed by atoms with E-state index < -0.39 is 0 Å². The molecule has 5 aromatic rings. The largest absolute Gasteiger partial charge is 0.345 e. The summed E-state index contributed by atoms with van der Waals surface area (Å²) in [6, 6.07) is 26.6. The zero-order valence-corrected chi connectivity index (χ0v) is 20.6. The summed E-state index contributed by atoms with van der Waals surface area (Å²) in [5.74, 6) is 0.838. The highest BCUT2D eigenvalue weighted by molar-refractivity contribution is 7.22. The lowest BCUT2D eigenvalue weighted by Gasteiger charge is -2.38. The second-order valence-electron chi connectivity index (χ2n) is 8.62. The Bertz CT molecular complexity index is 1380. The van der Waals surface area contributed by atoms with Crippen LogP contribution in [-0.4, -0.2) is 56.3 Å². The lowest BCUT2D eigenvalue weighted by Crippen LogP contribution is -2.48. The molecule has 0 radical (unpaired) electrons. The standard InChI is InChI=1S/C26H24ClN7S/c27-21-12-10-20(11-13-21)24(25-29-30-31-34(25)18-19-6-2-1-3-7-19)32-14-16-33(17-15-32)26-28-22-8-4-5-9-23(22)35-26/h1-13,24H,14-18H2. The van der Waals surface area contributed by atoms with Crippen molar-refractivity contribution in [2.45, 2.75) is 12.6 Å². The number of piperazine rings is 1. The van der Waals surface area contributed by atoms with Gasteiger partial charge in [-0.25, -0.2) is 9.67 Å². The van der Waals surface area contributed by atoms with Gasteiger partial charge in [-0.3, -0.25) is 4.90 Å². The van der Waals surface area contributed by atoms with E-state index in [-0.39, 0.29) is 6.04 Å². The van der Waals surface area contributed by atoms with Gasteiger partial charge in [0.2, 0.25) is 0 Å². The molecular formula is C26H24ClN7S. The number of thiazole rings is 1. The van der Waals surface area contributed by atoms with Crippen molar-refractivity contribution in [3.8, 4) is 0 Å². The maximum atomic E-state index is 6.21. The van der Waals surface area contributed by atoms with Gasteiger partial charge in [-0.1, -0.05) is 77.5 Å². The minimum absolute atomic E-state index is 0.0662. The maximum absolute atomic E-state index is 6.21. The highest BCUT2D eigenvalue weighted by Gasteiger charge is 2.31. The molecule has 9 heteroatoms. The molecule has 176 valence electrons. The van der Waals surface area contributed by atoms with Crippen molar-refractivity contribution in [2.24, 2.45) is 0 Å². The molecule has 35 heavy (non-hydrogen) atoms. The minimum Gasteiger partial charge on any atom is -0.345 e. The van der Waals surface area contributed by atoms with Gasteiger partial charge >= 0.3 is 0 Å². The summed E-state index contributed by atoms with van der Waals surface area (Å²) in [5.41, 5.74) is 3.36. The Morgan fingerprint density at radius 2 is 1.60 bits per heavy atom. The van der Waals surface area contributed by atoms with Crippen LogP contribution in [-0.2, 0) is 6.54 Å². The molecule has 1 atom stereocenters. The smallest absolute Gasteiger partial charge is 0.186 e. The predicted molar refractivity (Wildman–Crippen MR) is 140 cm³/mol. The first-order valence-electron chi connectivity index (χ1n) is 11.6. The van der Waals surface area contributed by atoms with Crippen LogP contribution < -0.4 is 4.90 Å². The molecule has 1 fully saturated rings. The Balaban J connectivity index is 1.27. The Labute approximate surface area is 212 Å². The molecule has 0 N–H and O–H groups in total. The van der Waals surface area contributed by atoms with Gasteiger partial charge in [0.15, 0.2) is 11.0 Å². The molecular weight excluding hydrogens is 478 g/mol. The van der Waals surface area contributed by atoms with E-state index >= 15 is 0 Å². The first kappa shape index (κ1) is 22.2. The molecule has 0 bridgehead atoms. The lowest BCUT2D eigenvalue weighted by molar-refractivity contribution is 0.201. The fraction of sp³-hybridized carbons (Fsp3) is 0.231. The molecule has 1 unspecified atom stereocenters. The van der Waals surface area contributed by atoms with Gasteiger partial charge in [0, 0.05) is 31.2 Å². The molecule has 2 aromatic heterocycles. The lowest BCUT2D eigenvalue weighted by atomic mass is 10.0. The van der Waals surface area contributed by atoms with Crippen molar-refractivity contribution in [1.82, 2.24) is 30.1 Å². The van der Waals surface area contributed by atoms with Crippen LogP contribution in [0, 0.1) is 0 Å². The zero-order chi connectivity index (χ0) is 23.6. The third kappa shape index (κ3) is 4.65. The van der Waals surface area contributed by atoms with Crippen molar-refractivity contribution < 1.29 is 0 Å². The van der Waals surface area contributed by atoms with Gasteiger partial charge in [0.05, 0.1) is 22.8 Å². The van der Waals surface area contributed by atoms with E-state index in [1.807, 2.05) is 41.1 Å². The van der Waals surface area contributed by atoms with Gasteiger partial charge in [-0.05, 0) is 45.8 Å². The van der Waals surface area contributed by atoms with Crippen LogP contribution in [0.15, 0.2) is 78.9 Å². The summed E-state index contributed by atoms with van der Waals surface area (Å²) in [7, 11) is 0. The maximum Gasteiger partial charge on any atom is 0.186 e. The molecule has 3 aromatic carbocycles. The van der Waals surface area contributed by atoms with Crippen molar-refractivity contribution in [2.75, 3.05) is 31.1 Å². The number of rotatable bonds is 6. The summed E-state index contributed by atoms with van der Waals surface area (Å²) in [5, 5.41) is 14.7. The SMILES string of the molecule is Clc1ccc(C(c2nnnn2Cc2ccccc2)N2CCN(c3nc4ccccc4s3)CC2)cc1. The molecule has 6 rings (SSSR count). The molecule has 1 aliphatic heterocycles. The first-order valence-corrected chi connectivity index (χ1v) is 12.8. The average Bonchev–Trinajstić information content (AvgIpc) is 3.54. The Morgan fingerprint density at radius 3 is 2.37 bits per heavy atom. The van der Waals surface area contributed by atoms with Gasteiger partial charge in [-0.2, -0.15) is 0 Å². The Kier molecular flexibility index (Phi) is 6.16. The summed E-state index contributed by atoms with van der Waals surface area (Å²) in [6.07, 6.45) is 0. The van der Waals surface area contributed by atoms with Crippen LogP contribution in [0.4, 0.5) is 5.13 Å². The van der Waals surface area contributed by atoms with E-state index in [0.717, 1.165) is 58.8 Å². The molecule has 0 saturated carbocycles. The molecule has 0 amide bonds. The van der Waals surface area contributed by atoms with Crippen LogP contribution >= 0.6 is 22.9 Å². The number of benzene rings is 3. The zero-order valence-electron chi connectivity index (χ0n) is 19.0. The van der Waals surface area contributed by atoms with E-state index in [4.69, 9.17) is 16.6 Å². The number of hydrogen-bond acceptors (Lipinski definition) is 7. The number of halogens is 1. The van der Waals surface area contributed by atoms with Crippen LogP contribution in [0.3, 0.4) is 0 Å². The number of hydrogen-bond donors (Lipinski definition) is 0. The van der Waals surface area contributed by atoms with Crippen LogP contribution in [0.2, 0.25) is 5.02 Å². The van der Waals surface area contributed by atoms with Gasteiger partial charge in [0.1, 0.15) is 0 Å². The number of nitrogens with zero attached hydrogens (tertiary/aromatic N) is 7. The van der Waals surface area contributed by atoms with Crippen molar-refractivity contribution >= 4 is 38.3 Å². The fourth-order valence-electron chi connectivity index (χ4n) is 4.61. The molecule has 0 spiro atoms. The van der Waals surface area contributed by atoms with E-state index in [9.17, 15) is 0 Å². The summed E-state index contributed by atoms with van der Waals surface area (Å²) in [4.78, 5) is 9.70. The van der Waals surface area contributed by atoms with E-state index in [1.165, 1.54) is 4.70 Å². The average molecular weight is 502 g/mol. The normalized spacial score (nSPS) is 15.5. The number of fused-ring (bicyclic) bond motifs is 1. The van der Waals surface area contributed by atoms with Crippen LogP contribution in [0.5, 0.6) is 0 Å². The second kappa shape index (κ2) is 9.73. The second-order valence-corrected chi connectivity index (χ2v) is 10.1. The Morgan fingerprint density at radius 1 is 0.857 bits per heavy atom. The van der Waals surface area contributed by atoms with Crippen LogP contribution in [0.1, 0.15) is 23.0 Å². The summed E-state index contributed by atoms with van der Waals surface area (Å²) < 4.78 is 3.14. The van der Waals surface area contributed by atoms with Crippen molar-refractivity contribution in [1.29, 1.82) is 0 Å². The topological polar surface area (TPSA) is 63.0 Å². The molecule has 0 aliphatic carbocycles. The fourth-order valence-corrected chi connectivity index (χ4v) is 5.75. The number of para-hydroxylation sites is 1. The molecule has 1 aliphatic rings. The third-order valence-corrected chi connectivity index (χ3v) is 7.75. The predicted octanol–water partition coefficient (Wildman–Crippen LogP) is 4.90. The highest BCUT2D eigenvalue weighted by Crippen LogP contribution is 2.32. The quantitative estimate of drug-likeness (QED) is 0.330. The van der Waals surface area contributed by atoms with Gasteiger partial charge in [-0.15, -0.1) is 5.10 Å². The van der Waals surface area contributed by atoms with Crippen molar-refractivity contribution in [3.63, 3.8) is 0 Å². The summed E-state index contributed by atoms with van der Waals surface area (Å²) >= 11 is 7.97. The highest BCUT2D eigenvalue weighted by atomic mass is 35.5. The van der Waals surface area contributed by atoms with Gasteiger partial charge in [0.25, 0.3) is 0 Å². The van der Waals surface area contributed by atoms with E-state index in [0.29, 0.717) is 6.54 Å².